The number of aromatic carboxylic acids is 1. The Balaban J connectivity index is 1.69. The first-order valence-corrected chi connectivity index (χ1v) is 11.6. The quantitative estimate of drug-likeness (QED) is 0.363. The molecule has 2 aromatic heterocycles. The highest BCUT2D eigenvalue weighted by molar-refractivity contribution is 7.80. The molecule has 0 saturated carbocycles. The van der Waals surface area contributed by atoms with E-state index in [0.717, 1.165) is 28.3 Å². The maximum Gasteiger partial charge on any atom is 0.335 e. The van der Waals surface area contributed by atoms with Gasteiger partial charge < -0.3 is 19.9 Å². The van der Waals surface area contributed by atoms with E-state index < -0.39 is 5.97 Å². The number of nitrogens with one attached hydrogen (secondary N) is 1. The monoisotopic (exact) mass is 486 g/mol. The zero-order chi connectivity index (χ0) is 24.7. The van der Waals surface area contributed by atoms with Crippen molar-refractivity contribution in [3.63, 3.8) is 0 Å². The number of benzene rings is 2. The maximum absolute atomic E-state index is 15.0. The number of thiocarbonyl (C=S) groups is 1. The topological polar surface area (TPSA) is 70.4 Å². The lowest BCUT2D eigenvalue weighted by Gasteiger charge is -2.28. The standard InChI is InChI=1S/C27H23FN4O2S/c1-16-14-20(17(2)31(16)19-9-7-8-18(15-19)26(33)34)25-24(22-11-5-6-13-29-22)30-27(35)32(25)23-12-4-3-10-21(23)28/h3-15,24-25H,1-2H3,(H,30,35)(H,33,34)/t24-,25+/m1/s1. The zero-order valence-electron chi connectivity index (χ0n) is 19.1. The Morgan fingerprint density at radius 3 is 2.54 bits per heavy atom. The number of pyridine rings is 1. The van der Waals surface area contributed by atoms with Crippen LogP contribution in [0, 0.1) is 19.7 Å². The molecule has 3 heterocycles. The fraction of sp³-hybridized carbons (Fsp3) is 0.148. The smallest absolute Gasteiger partial charge is 0.335 e. The number of carboxylic acids is 1. The van der Waals surface area contributed by atoms with Crippen LogP contribution in [0.25, 0.3) is 5.69 Å². The van der Waals surface area contributed by atoms with Gasteiger partial charge in [-0.1, -0.05) is 24.3 Å². The van der Waals surface area contributed by atoms with Crippen LogP contribution < -0.4 is 10.2 Å². The highest BCUT2D eigenvalue weighted by Crippen LogP contribution is 2.44. The molecular formula is C27H23FN4O2S. The van der Waals surface area contributed by atoms with Crippen molar-refractivity contribution >= 4 is 29.0 Å². The molecule has 1 saturated heterocycles. The van der Waals surface area contributed by atoms with Crippen LogP contribution >= 0.6 is 12.2 Å². The summed E-state index contributed by atoms with van der Waals surface area (Å²) in [6.07, 6.45) is 1.73. The highest BCUT2D eigenvalue weighted by atomic mass is 32.1. The summed E-state index contributed by atoms with van der Waals surface area (Å²) in [4.78, 5) is 17.9. The number of carbonyl (C=O) groups is 1. The fourth-order valence-corrected chi connectivity index (χ4v) is 5.18. The predicted octanol–water partition coefficient (Wildman–Crippen LogP) is 5.50. The number of aromatic nitrogens is 2. The third kappa shape index (κ3) is 3.95. The number of nitrogens with zero attached hydrogens (tertiary/aromatic N) is 3. The fourth-order valence-electron chi connectivity index (χ4n) is 4.84. The number of rotatable bonds is 5. The first kappa shape index (κ1) is 22.7. The minimum absolute atomic E-state index is 0.208. The van der Waals surface area contributed by atoms with Crippen LogP contribution in [0.1, 0.15) is 45.1 Å². The van der Waals surface area contributed by atoms with Crippen LogP contribution in [-0.4, -0.2) is 25.7 Å². The number of halogens is 1. The van der Waals surface area contributed by atoms with Crippen LogP contribution in [0.4, 0.5) is 10.1 Å². The second kappa shape index (κ2) is 8.96. The van der Waals surface area contributed by atoms with E-state index in [1.54, 1.807) is 42.6 Å². The van der Waals surface area contributed by atoms with E-state index in [0.29, 0.717) is 10.8 Å². The molecule has 0 unspecified atom stereocenters. The minimum Gasteiger partial charge on any atom is -0.478 e. The van der Waals surface area contributed by atoms with Gasteiger partial charge in [0.25, 0.3) is 0 Å². The molecule has 0 spiro atoms. The van der Waals surface area contributed by atoms with Crippen molar-refractivity contribution in [3.05, 3.63) is 113 Å². The van der Waals surface area contributed by atoms with E-state index in [1.807, 2.05) is 53.6 Å². The normalized spacial score (nSPS) is 17.5. The lowest BCUT2D eigenvalue weighted by molar-refractivity contribution is 0.0697. The summed E-state index contributed by atoms with van der Waals surface area (Å²) in [5, 5.41) is 13.2. The Labute approximate surface area is 207 Å². The van der Waals surface area contributed by atoms with Gasteiger partial charge in [0.05, 0.1) is 29.0 Å². The van der Waals surface area contributed by atoms with Gasteiger partial charge in [0, 0.05) is 23.3 Å². The zero-order valence-corrected chi connectivity index (χ0v) is 20.0. The third-order valence-corrected chi connectivity index (χ3v) is 6.66. The van der Waals surface area contributed by atoms with Crippen molar-refractivity contribution in [2.75, 3.05) is 4.90 Å². The molecule has 1 fully saturated rings. The summed E-state index contributed by atoms with van der Waals surface area (Å²) < 4.78 is 17.0. The average Bonchev–Trinajstić information content (AvgIpc) is 3.35. The van der Waals surface area contributed by atoms with Crippen LogP contribution in [-0.2, 0) is 0 Å². The van der Waals surface area contributed by atoms with Crippen molar-refractivity contribution < 1.29 is 14.3 Å². The number of carboxylic acid groups (broad SMARTS) is 1. The summed E-state index contributed by atoms with van der Waals surface area (Å²) in [7, 11) is 0. The number of anilines is 1. The lowest BCUT2D eigenvalue weighted by atomic mass is 9.96. The number of para-hydroxylation sites is 1. The Hall–Kier alpha value is -4.04. The molecule has 176 valence electrons. The van der Waals surface area contributed by atoms with E-state index in [1.165, 1.54) is 6.07 Å². The molecule has 0 aliphatic carbocycles. The van der Waals surface area contributed by atoms with Gasteiger partial charge in [-0.05, 0) is 80.2 Å². The molecular weight excluding hydrogens is 463 g/mol. The Bertz CT molecular complexity index is 1440. The predicted molar refractivity (Wildman–Crippen MR) is 137 cm³/mol. The van der Waals surface area contributed by atoms with Gasteiger partial charge in [-0.2, -0.15) is 0 Å². The van der Waals surface area contributed by atoms with E-state index in [-0.39, 0.29) is 23.5 Å². The molecule has 1 aliphatic rings. The molecule has 0 bridgehead atoms. The molecule has 6 nitrogen and oxygen atoms in total. The molecule has 0 amide bonds. The summed E-state index contributed by atoms with van der Waals surface area (Å²) in [5.74, 6) is -1.35. The average molecular weight is 487 g/mol. The van der Waals surface area contributed by atoms with Gasteiger partial charge in [-0.15, -0.1) is 0 Å². The molecule has 2 atom stereocenters. The van der Waals surface area contributed by atoms with Crippen LogP contribution in [0.3, 0.4) is 0 Å². The molecule has 1 aliphatic heterocycles. The molecule has 2 N–H and O–H groups in total. The van der Waals surface area contributed by atoms with Crippen molar-refractivity contribution in [1.29, 1.82) is 0 Å². The van der Waals surface area contributed by atoms with E-state index in [4.69, 9.17) is 12.2 Å². The summed E-state index contributed by atoms with van der Waals surface area (Å²) >= 11 is 5.71. The largest absolute Gasteiger partial charge is 0.478 e. The molecule has 5 rings (SSSR count). The molecule has 8 heteroatoms. The number of hydrogen-bond acceptors (Lipinski definition) is 3. The Morgan fingerprint density at radius 2 is 1.83 bits per heavy atom. The van der Waals surface area contributed by atoms with Gasteiger partial charge >= 0.3 is 5.97 Å². The molecule has 35 heavy (non-hydrogen) atoms. The summed E-state index contributed by atoms with van der Waals surface area (Å²) in [6, 6.07) is 20.4. The van der Waals surface area contributed by atoms with Crippen LogP contribution in [0.2, 0.25) is 0 Å². The van der Waals surface area contributed by atoms with Crippen molar-refractivity contribution in [3.8, 4) is 5.69 Å². The van der Waals surface area contributed by atoms with Crippen molar-refractivity contribution in [2.24, 2.45) is 0 Å². The van der Waals surface area contributed by atoms with Crippen LogP contribution in [0.5, 0.6) is 0 Å². The molecule has 2 aromatic carbocycles. The SMILES string of the molecule is Cc1cc([C@H]2[C@@H](c3ccccn3)NC(=S)N2c2ccccc2F)c(C)n1-c1cccc(C(=O)O)c1. The van der Waals surface area contributed by atoms with E-state index in [2.05, 4.69) is 10.3 Å². The molecule has 0 radical (unpaired) electrons. The third-order valence-electron chi connectivity index (χ3n) is 6.35. The first-order valence-electron chi connectivity index (χ1n) is 11.1. The van der Waals surface area contributed by atoms with Gasteiger partial charge in [0.1, 0.15) is 5.82 Å². The Kier molecular flexibility index (Phi) is 5.82. The van der Waals surface area contributed by atoms with Gasteiger partial charge in [0.2, 0.25) is 0 Å². The van der Waals surface area contributed by atoms with Gasteiger partial charge in [0.15, 0.2) is 5.11 Å². The van der Waals surface area contributed by atoms with Gasteiger partial charge in [-0.25, -0.2) is 9.18 Å². The highest BCUT2D eigenvalue weighted by Gasteiger charge is 2.43. The van der Waals surface area contributed by atoms with Crippen molar-refractivity contribution in [2.45, 2.75) is 25.9 Å². The first-order chi connectivity index (χ1) is 16.9. The lowest BCUT2D eigenvalue weighted by Crippen LogP contribution is -2.30. The molecule has 4 aromatic rings. The van der Waals surface area contributed by atoms with Gasteiger partial charge in [-0.3, -0.25) is 4.98 Å². The maximum atomic E-state index is 15.0. The summed E-state index contributed by atoms with van der Waals surface area (Å²) in [6.45, 7) is 3.94. The summed E-state index contributed by atoms with van der Waals surface area (Å²) in [5.41, 5.74) is 4.89. The number of aryl methyl sites for hydroxylation is 1. The Morgan fingerprint density at radius 1 is 1.06 bits per heavy atom. The number of hydrogen-bond donors (Lipinski definition) is 2. The van der Waals surface area contributed by atoms with E-state index in [9.17, 15) is 14.3 Å². The van der Waals surface area contributed by atoms with Crippen LogP contribution in [0.15, 0.2) is 79.0 Å². The second-order valence-corrected chi connectivity index (χ2v) is 8.85. The van der Waals surface area contributed by atoms with E-state index >= 15 is 0 Å². The second-order valence-electron chi connectivity index (χ2n) is 8.47. The minimum atomic E-state index is -0.985. The van der Waals surface area contributed by atoms with Crippen molar-refractivity contribution in [1.82, 2.24) is 14.9 Å².